The first-order valence-electron chi connectivity index (χ1n) is 8.86. The molecule has 3 aromatic rings. The van der Waals surface area contributed by atoms with Crippen LogP contribution in [0.25, 0.3) is 16.8 Å². The molecule has 2 aromatic heterocycles. The number of hydrogen-bond acceptors (Lipinski definition) is 5. The number of halogens is 1. The van der Waals surface area contributed by atoms with Crippen molar-refractivity contribution in [3.63, 3.8) is 0 Å². The lowest BCUT2D eigenvalue weighted by molar-refractivity contribution is 0.0398. The predicted molar refractivity (Wildman–Crippen MR) is 98.9 cm³/mol. The standard InChI is InChI=1S/C19H22FN5O/c1-14-12-18(21-6-7-24-8-10-26-11-9-24)25-19(23-14)17(13-22-25)15-2-4-16(20)5-3-15/h2-5,12-13,21H,6-11H2,1H3. The lowest BCUT2D eigenvalue weighted by Crippen LogP contribution is -2.39. The summed E-state index contributed by atoms with van der Waals surface area (Å²) in [5, 5.41) is 7.96. The van der Waals surface area contributed by atoms with Gasteiger partial charge in [0.25, 0.3) is 0 Å². The summed E-state index contributed by atoms with van der Waals surface area (Å²) in [6, 6.07) is 8.41. The Morgan fingerprint density at radius 1 is 1.19 bits per heavy atom. The molecule has 0 spiro atoms. The summed E-state index contributed by atoms with van der Waals surface area (Å²) in [6.07, 6.45) is 1.78. The van der Waals surface area contributed by atoms with Crippen molar-refractivity contribution in [1.82, 2.24) is 19.5 Å². The number of nitrogens with one attached hydrogen (secondary N) is 1. The molecule has 0 amide bonds. The van der Waals surface area contributed by atoms with Gasteiger partial charge in [0.1, 0.15) is 11.6 Å². The topological polar surface area (TPSA) is 54.7 Å². The third-order valence-electron chi connectivity index (χ3n) is 4.59. The van der Waals surface area contributed by atoms with Gasteiger partial charge in [-0.05, 0) is 24.6 Å². The van der Waals surface area contributed by atoms with E-state index in [1.54, 1.807) is 18.3 Å². The number of aromatic nitrogens is 3. The zero-order valence-corrected chi connectivity index (χ0v) is 14.8. The number of benzene rings is 1. The predicted octanol–water partition coefficient (Wildman–Crippen LogP) is 2.59. The quantitative estimate of drug-likeness (QED) is 0.762. The zero-order valence-electron chi connectivity index (χ0n) is 14.8. The Balaban J connectivity index is 1.56. The molecule has 3 heterocycles. The molecule has 1 aliphatic heterocycles. The van der Waals surface area contributed by atoms with Gasteiger partial charge < -0.3 is 10.1 Å². The van der Waals surface area contributed by atoms with E-state index in [0.29, 0.717) is 0 Å². The molecule has 1 fully saturated rings. The van der Waals surface area contributed by atoms with Crippen LogP contribution in [0.2, 0.25) is 0 Å². The maximum Gasteiger partial charge on any atom is 0.165 e. The van der Waals surface area contributed by atoms with Crippen LogP contribution in [-0.4, -0.2) is 58.9 Å². The Labute approximate surface area is 151 Å². The summed E-state index contributed by atoms with van der Waals surface area (Å²) < 4.78 is 20.4. The van der Waals surface area contributed by atoms with E-state index in [2.05, 4.69) is 20.3 Å². The number of anilines is 1. The van der Waals surface area contributed by atoms with Gasteiger partial charge in [0, 0.05) is 43.5 Å². The van der Waals surface area contributed by atoms with Gasteiger partial charge in [0.15, 0.2) is 5.65 Å². The highest BCUT2D eigenvalue weighted by atomic mass is 19.1. The van der Waals surface area contributed by atoms with Gasteiger partial charge >= 0.3 is 0 Å². The number of hydrogen-bond donors (Lipinski definition) is 1. The molecule has 0 aliphatic carbocycles. The second kappa shape index (κ2) is 7.39. The molecule has 6 nitrogen and oxygen atoms in total. The van der Waals surface area contributed by atoms with Crippen molar-refractivity contribution in [2.24, 2.45) is 0 Å². The van der Waals surface area contributed by atoms with Crippen LogP contribution in [0.3, 0.4) is 0 Å². The van der Waals surface area contributed by atoms with Crippen LogP contribution in [-0.2, 0) is 4.74 Å². The summed E-state index contributed by atoms with van der Waals surface area (Å²) in [7, 11) is 0. The van der Waals surface area contributed by atoms with E-state index in [4.69, 9.17) is 4.74 Å². The summed E-state index contributed by atoms with van der Waals surface area (Å²) in [4.78, 5) is 7.02. The van der Waals surface area contributed by atoms with Crippen molar-refractivity contribution in [3.05, 3.63) is 48.0 Å². The normalized spacial score (nSPS) is 15.5. The number of morpholine rings is 1. The summed E-state index contributed by atoms with van der Waals surface area (Å²) >= 11 is 0. The zero-order chi connectivity index (χ0) is 17.9. The van der Waals surface area contributed by atoms with Crippen LogP contribution in [0.1, 0.15) is 5.69 Å². The highest BCUT2D eigenvalue weighted by Gasteiger charge is 2.13. The summed E-state index contributed by atoms with van der Waals surface area (Å²) in [5.41, 5.74) is 3.48. The molecule has 0 bridgehead atoms. The first-order chi connectivity index (χ1) is 12.7. The molecule has 1 aliphatic rings. The second-order valence-corrected chi connectivity index (χ2v) is 6.46. The summed E-state index contributed by atoms with van der Waals surface area (Å²) in [6.45, 7) is 7.31. The molecule has 1 saturated heterocycles. The van der Waals surface area contributed by atoms with Gasteiger partial charge in [-0.3, -0.25) is 4.90 Å². The molecule has 4 rings (SSSR count). The van der Waals surface area contributed by atoms with E-state index < -0.39 is 0 Å². The molecule has 0 unspecified atom stereocenters. The Hall–Kier alpha value is -2.51. The molecule has 0 radical (unpaired) electrons. The molecule has 136 valence electrons. The SMILES string of the molecule is Cc1cc(NCCN2CCOCC2)n2ncc(-c3ccc(F)cc3)c2n1. The number of nitrogens with zero attached hydrogens (tertiary/aromatic N) is 4. The van der Waals surface area contributed by atoms with Crippen LogP contribution in [0.5, 0.6) is 0 Å². The fourth-order valence-electron chi connectivity index (χ4n) is 3.21. The first kappa shape index (κ1) is 16.9. The first-order valence-corrected chi connectivity index (χ1v) is 8.86. The van der Waals surface area contributed by atoms with E-state index >= 15 is 0 Å². The lowest BCUT2D eigenvalue weighted by Gasteiger charge is -2.26. The van der Waals surface area contributed by atoms with Gasteiger partial charge in [-0.15, -0.1) is 0 Å². The van der Waals surface area contributed by atoms with Crippen LogP contribution >= 0.6 is 0 Å². The van der Waals surface area contributed by atoms with Gasteiger partial charge in [0.05, 0.1) is 19.4 Å². The number of aryl methyl sites for hydroxylation is 1. The Morgan fingerprint density at radius 3 is 2.73 bits per heavy atom. The third-order valence-corrected chi connectivity index (χ3v) is 4.59. The number of fused-ring (bicyclic) bond motifs is 1. The van der Waals surface area contributed by atoms with Gasteiger partial charge in [-0.2, -0.15) is 9.61 Å². The fourth-order valence-corrected chi connectivity index (χ4v) is 3.21. The molecule has 0 atom stereocenters. The average molecular weight is 355 g/mol. The lowest BCUT2D eigenvalue weighted by atomic mass is 10.1. The van der Waals surface area contributed by atoms with Gasteiger partial charge in [-0.1, -0.05) is 12.1 Å². The molecule has 7 heteroatoms. The molecule has 26 heavy (non-hydrogen) atoms. The van der Waals surface area contributed by atoms with E-state index in [1.807, 2.05) is 17.5 Å². The van der Waals surface area contributed by atoms with Crippen molar-refractivity contribution in [2.75, 3.05) is 44.7 Å². The molecule has 1 aromatic carbocycles. The van der Waals surface area contributed by atoms with Crippen molar-refractivity contribution in [2.45, 2.75) is 6.92 Å². The van der Waals surface area contributed by atoms with Gasteiger partial charge in [-0.25, -0.2) is 9.37 Å². The van der Waals surface area contributed by atoms with Crippen LogP contribution < -0.4 is 5.32 Å². The Morgan fingerprint density at radius 2 is 1.96 bits per heavy atom. The number of ether oxygens (including phenoxy) is 1. The van der Waals surface area contributed by atoms with E-state index in [9.17, 15) is 4.39 Å². The van der Waals surface area contributed by atoms with Crippen molar-refractivity contribution >= 4 is 11.5 Å². The minimum Gasteiger partial charge on any atom is -0.379 e. The molecule has 0 saturated carbocycles. The largest absolute Gasteiger partial charge is 0.379 e. The van der Waals surface area contributed by atoms with Crippen molar-refractivity contribution in [3.8, 4) is 11.1 Å². The highest BCUT2D eigenvalue weighted by molar-refractivity contribution is 5.78. The summed E-state index contributed by atoms with van der Waals surface area (Å²) in [5.74, 6) is 0.661. The molecule has 1 N–H and O–H groups in total. The maximum atomic E-state index is 13.2. The van der Waals surface area contributed by atoms with E-state index in [0.717, 1.165) is 67.7 Å². The third kappa shape index (κ3) is 3.54. The van der Waals surface area contributed by atoms with Gasteiger partial charge in [0.2, 0.25) is 0 Å². The smallest absolute Gasteiger partial charge is 0.165 e. The minimum absolute atomic E-state index is 0.250. The van der Waals surface area contributed by atoms with Crippen molar-refractivity contribution < 1.29 is 9.13 Å². The Kier molecular flexibility index (Phi) is 4.81. The van der Waals surface area contributed by atoms with Crippen LogP contribution in [0, 0.1) is 12.7 Å². The second-order valence-electron chi connectivity index (χ2n) is 6.46. The number of rotatable bonds is 5. The maximum absolute atomic E-state index is 13.2. The average Bonchev–Trinajstić information content (AvgIpc) is 3.07. The molecular formula is C19H22FN5O. The van der Waals surface area contributed by atoms with Crippen molar-refractivity contribution in [1.29, 1.82) is 0 Å². The minimum atomic E-state index is -0.250. The van der Waals surface area contributed by atoms with Crippen LogP contribution in [0.15, 0.2) is 36.5 Å². The van der Waals surface area contributed by atoms with E-state index in [1.165, 1.54) is 12.1 Å². The monoisotopic (exact) mass is 355 g/mol. The Bertz CT molecular complexity index is 887. The van der Waals surface area contributed by atoms with Crippen LogP contribution in [0.4, 0.5) is 10.2 Å². The van der Waals surface area contributed by atoms with E-state index in [-0.39, 0.29) is 5.82 Å². The highest BCUT2D eigenvalue weighted by Crippen LogP contribution is 2.25. The molecular weight excluding hydrogens is 333 g/mol. The fraction of sp³-hybridized carbons (Fsp3) is 0.368.